The first-order chi connectivity index (χ1) is 11.3. The lowest BCUT2D eigenvalue weighted by Gasteiger charge is -2.12. The number of hydrogen-bond acceptors (Lipinski definition) is 3. The minimum Gasteiger partial charge on any atom is -0.465 e. The van der Waals surface area contributed by atoms with Gasteiger partial charge in [-0.25, -0.2) is 0 Å². The molecule has 0 aliphatic heterocycles. The largest absolute Gasteiger partial charge is 0.465 e. The fourth-order valence-electron chi connectivity index (χ4n) is 2.15. The minimum absolute atomic E-state index is 0.230. The van der Waals surface area contributed by atoms with E-state index in [1.165, 1.54) is 0 Å². The Morgan fingerprint density at radius 1 is 1.09 bits per heavy atom. The Hall–Kier alpha value is -2.90. The van der Waals surface area contributed by atoms with Crippen LogP contribution in [0.5, 0.6) is 0 Å². The van der Waals surface area contributed by atoms with Crippen molar-refractivity contribution in [2.45, 2.75) is 6.92 Å². The highest BCUT2D eigenvalue weighted by atomic mass is 16.5. The molecule has 0 N–H and O–H groups in total. The molecule has 116 valence electrons. The first-order valence-electron chi connectivity index (χ1n) is 7.45. The molecule has 0 amide bonds. The van der Waals surface area contributed by atoms with E-state index in [9.17, 15) is 9.59 Å². The van der Waals surface area contributed by atoms with E-state index in [1.54, 1.807) is 13.0 Å². The summed E-state index contributed by atoms with van der Waals surface area (Å²) in [4.78, 5) is 23.5. The zero-order valence-electron chi connectivity index (χ0n) is 12.9. The molecule has 2 aromatic rings. The Morgan fingerprint density at radius 3 is 2.26 bits per heavy atom. The monoisotopic (exact) mass is 306 g/mol. The Bertz CT molecular complexity index is 711. The molecule has 0 aliphatic rings. The van der Waals surface area contributed by atoms with Gasteiger partial charge in [-0.05, 0) is 24.1 Å². The van der Waals surface area contributed by atoms with E-state index in [-0.39, 0.29) is 6.61 Å². The van der Waals surface area contributed by atoms with Crippen LogP contribution in [0.1, 0.15) is 18.1 Å². The highest BCUT2D eigenvalue weighted by Gasteiger charge is 2.24. The summed E-state index contributed by atoms with van der Waals surface area (Å²) < 4.78 is 5.00. The van der Waals surface area contributed by atoms with E-state index in [0.29, 0.717) is 11.9 Å². The van der Waals surface area contributed by atoms with E-state index < -0.39 is 11.9 Å². The third-order valence-electron chi connectivity index (χ3n) is 3.27. The lowest BCUT2D eigenvalue weighted by atomic mass is 9.94. The van der Waals surface area contributed by atoms with Crippen molar-refractivity contribution in [3.8, 4) is 0 Å². The fourth-order valence-corrected chi connectivity index (χ4v) is 2.15. The summed E-state index contributed by atoms with van der Waals surface area (Å²) in [6, 6.07) is 18.9. The maximum atomic E-state index is 12.1. The lowest BCUT2D eigenvalue weighted by Crippen LogP contribution is -2.20. The molecule has 0 heterocycles. The summed E-state index contributed by atoms with van der Waals surface area (Å²) in [5.41, 5.74) is 5.31. The van der Waals surface area contributed by atoms with Crippen molar-refractivity contribution >= 4 is 23.9 Å². The second-order valence-corrected chi connectivity index (χ2v) is 4.84. The molecule has 23 heavy (non-hydrogen) atoms. The van der Waals surface area contributed by atoms with Gasteiger partial charge in [-0.1, -0.05) is 60.7 Å². The SMILES string of the molecule is CCOC(=O)C(C=O)C(=C=Cc1ccccc1)c1ccccc1. The van der Waals surface area contributed by atoms with Crippen LogP contribution in [0.3, 0.4) is 0 Å². The van der Waals surface area contributed by atoms with Gasteiger partial charge in [0.2, 0.25) is 0 Å². The topological polar surface area (TPSA) is 43.4 Å². The number of rotatable bonds is 6. The summed E-state index contributed by atoms with van der Waals surface area (Å²) in [6.07, 6.45) is 2.37. The molecule has 0 aliphatic carbocycles. The van der Waals surface area contributed by atoms with Gasteiger partial charge >= 0.3 is 5.97 Å². The summed E-state index contributed by atoms with van der Waals surface area (Å²) in [5.74, 6) is -1.55. The first-order valence-corrected chi connectivity index (χ1v) is 7.45. The summed E-state index contributed by atoms with van der Waals surface area (Å²) in [6.45, 7) is 1.94. The van der Waals surface area contributed by atoms with Gasteiger partial charge in [0.15, 0.2) is 0 Å². The van der Waals surface area contributed by atoms with Gasteiger partial charge in [-0.15, -0.1) is 5.73 Å². The predicted molar refractivity (Wildman–Crippen MR) is 90.5 cm³/mol. The van der Waals surface area contributed by atoms with Crippen molar-refractivity contribution in [1.29, 1.82) is 0 Å². The van der Waals surface area contributed by atoms with E-state index in [4.69, 9.17) is 4.74 Å². The molecule has 1 unspecified atom stereocenters. The molecule has 2 rings (SSSR count). The standard InChI is InChI=1S/C20H18O3/c1-2-23-20(22)19(15-21)18(17-11-7-4-8-12-17)14-13-16-9-5-3-6-10-16/h3-13,15,19H,2H2,1H3. The molecule has 0 radical (unpaired) electrons. The summed E-state index contributed by atoms with van der Waals surface area (Å²) in [5, 5.41) is 0. The summed E-state index contributed by atoms with van der Waals surface area (Å²) in [7, 11) is 0. The van der Waals surface area contributed by atoms with Crippen LogP contribution in [0.2, 0.25) is 0 Å². The number of ether oxygens (including phenoxy) is 1. The predicted octanol–water partition coefficient (Wildman–Crippen LogP) is 3.76. The highest BCUT2D eigenvalue weighted by Crippen LogP contribution is 2.23. The minimum atomic E-state index is -0.989. The molecule has 0 fully saturated rings. The van der Waals surface area contributed by atoms with Crippen molar-refractivity contribution in [3.05, 3.63) is 77.5 Å². The van der Waals surface area contributed by atoms with Crippen LogP contribution < -0.4 is 0 Å². The molecular formula is C20H18O3. The molecule has 3 nitrogen and oxygen atoms in total. The van der Waals surface area contributed by atoms with Crippen LogP contribution in [0, 0.1) is 5.92 Å². The lowest BCUT2D eigenvalue weighted by molar-refractivity contribution is -0.146. The Morgan fingerprint density at radius 2 is 1.70 bits per heavy atom. The number of benzene rings is 2. The maximum absolute atomic E-state index is 12.1. The molecule has 0 saturated heterocycles. The van der Waals surface area contributed by atoms with Gasteiger partial charge in [0.05, 0.1) is 6.61 Å². The normalized spacial score (nSPS) is 11.0. The van der Waals surface area contributed by atoms with E-state index in [2.05, 4.69) is 5.73 Å². The zero-order valence-corrected chi connectivity index (χ0v) is 12.9. The molecule has 0 saturated carbocycles. The Labute approximate surface area is 135 Å². The number of carbonyl (C=O) groups excluding carboxylic acids is 2. The molecule has 0 spiro atoms. The molecular weight excluding hydrogens is 288 g/mol. The molecule has 0 aromatic heterocycles. The average Bonchev–Trinajstić information content (AvgIpc) is 2.60. The highest BCUT2D eigenvalue weighted by molar-refractivity contribution is 6.01. The van der Waals surface area contributed by atoms with E-state index in [1.807, 2.05) is 60.7 Å². The number of aldehydes is 1. The van der Waals surface area contributed by atoms with Gasteiger partial charge in [0, 0.05) is 5.57 Å². The van der Waals surface area contributed by atoms with Crippen LogP contribution in [0.15, 0.2) is 66.4 Å². The van der Waals surface area contributed by atoms with E-state index >= 15 is 0 Å². The van der Waals surface area contributed by atoms with Gasteiger partial charge in [-0.2, -0.15) is 0 Å². The Kier molecular flexibility index (Phi) is 6.10. The fraction of sp³-hybridized carbons (Fsp3) is 0.150. The zero-order chi connectivity index (χ0) is 16.5. The molecule has 1 atom stereocenters. The van der Waals surface area contributed by atoms with E-state index in [0.717, 1.165) is 11.1 Å². The number of carbonyl (C=O) groups is 2. The molecule has 3 heteroatoms. The molecule has 0 bridgehead atoms. The number of esters is 1. The maximum Gasteiger partial charge on any atom is 0.321 e. The summed E-state index contributed by atoms with van der Waals surface area (Å²) >= 11 is 0. The van der Waals surface area contributed by atoms with Crippen LogP contribution in [0.4, 0.5) is 0 Å². The second-order valence-electron chi connectivity index (χ2n) is 4.84. The Balaban J connectivity index is 2.50. The van der Waals surface area contributed by atoms with Crippen LogP contribution in [0.25, 0.3) is 11.6 Å². The average molecular weight is 306 g/mol. The van der Waals surface area contributed by atoms with Gasteiger partial charge in [0.1, 0.15) is 12.2 Å². The first kappa shape index (κ1) is 16.5. The third kappa shape index (κ3) is 4.53. The number of hydrogen-bond donors (Lipinski definition) is 0. The van der Waals surface area contributed by atoms with Crippen molar-refractivity contribution in [2.24, 2.45) is 5.92 Å². The molecule has 2 aromatic carbocycles. The van der Waals surface area contributed by atoms with Crippen LogP contribution in [-0.2, 0) is 14.3 Å². The van der Waals surface area contributed by atoms with Crippen molar-refractivity contribution in [1.82, 2.24) is 0 Å². The smallest absolute Gasteiger partial charge is 0.321 e. The van der Waals surface area contributed by atoms with Gasteiger partial charge in [-0.3, -0.25) is 4.79 Å². The van der Waals surface area contributed by atoms with Crippen molar-refractivity contribution in [2.75, 3.05) is 6.61 Å². The van der Waals surface area contributed by atoms with Crippen molar-refractivity contribution < 1.29 is 14.3 Å². The van der Waals surface area contributed by atoms with Crippen LogP contribution >= 0.6 is 0 Å². The van der Waals surface area contributed by atoms with Crippen LogP contribution in [-0.4, -0.2) is 18.9 Å². The second kappa shape index (κ2) is 8.52. The quantitative estimate of drug-likeness (QED) is 0.353. The third-order valence-corrected chi connectivity index (χ3v) is 3.27. The van der Waals surface area contributed by atoms with Gasteiger partial charge < -0.3 is 9.53 Å². The van der Waals surface area contributed by atoms with Crippen molar-refractivity contribution in [3.63, 3.8) is 0 Å². The van der Waals surface area contributed by atoms with Gasteiger partial charge in [0.25, 0.3) is 0 Å².